The van der Waals surface area contributed by atoms with Gasteiger partial charge in [-0.15, -0.1) is 9.24 Å². The summed E-state index contributed by atoms with van der Waals surface area (Å²) in [5.41, 5.74) is 7.40. The number of rotatable bonds is 9. The van der Waals surface area contributed by atoms with Crippen LogP contribution < -0.4 is 10.5 Å². The molecule has 0 saturated carbocycles. The summed E-state index contributed by atoms with van der Waals surface area (Å²) in [4.78, 5) is 14.3. The molecule has 3 rings (SSSR count). The third-order valence-electron chi connectivity index (χ3n) is 3.78. The second kappa shape index (κ2) is 9.35. The summed E-state index contributed by atoms with van der Waals surface area (Å²) in [6.07, 6.45) is 3.35. The van der Waals surface area contributed by atoms with Crippen LogP contribution in [0.1, 0.15) is 20.3 Å². The molecule has 0 spiro atoms. The smallest absolute Gasteiger partial charge is 0.223 e. The molecule has 0 aliphatic rings. The van der Waals surface area contributed by atoms with Crippen molar-refractivity contribution in [1.82, 2.24) is 19.5 Å². The Hall–Kier alpha value is -1.89. The number of imidazole rings is 1. The fraction of sp³-hybridized carbons (Fsp3) is 0.389. The summed E-state index contributed by atoms with van der Waals surface area (Å²) in [6, 6.07) is 7.93. The van der Waals surface area contributed by atoms with Crippen molar-refractivity contribution < 1.29 is 9.47 Å². The van der Waals surface area contributed by atoms with Gasteiger partial charge in [0.15, 0.2) is 5.65 Å². The molecule has 2 N–H and O–H groups in total. The molecule has 0 aliphatic heterocycles. The highest BCUT2D eigenvalue weighted by molar-refractivity contribution is 7.99. The standard InChI is InChI=1S/C18H24N5O2PS/c1-3-7-24-13-5-4-6-14(8-13)27-17-15-16(21-18(19)22-17)23(10-20-15)9-12(2)25-11-26/h4-6,8,10,12H,3,7,9,11,26H2,1-2H3,(H2,19,21,22). The Morgan fingerprint density at radius 2 is 2.19 bits per heavy atom. The number of ether oxygens (including phenoxy) is 2. The van der Waals surface area contributed by atoms with Gasteiger partial charge in [0, 0.05) is 4.90 Å². The maximum absolute atomic E-state index is 5.96. The van der Waals surface area contributed by atoms with Crippen molar-refractivity contribution in [2.75, 3.05) is 18.7 Å². The molecule has 0 amide bonds. The van der Waals surface area contributed by atoms with Gasteiger partial charge in [0.2, 0.25) is 5.95 Å². The van der Waals surface area contributed by atoms with Crippen LogP contribution in [0.3, 0.4) is 0 Å². The molecule has 3 aromatic rings. The fourth-order valence-electron chi connectivity index (χ4n) is 2.59. The van der Waals surface area contributed by atoms with Gasteiger partial charge in [-0.05, 0) is 31.5 Å². The van der Waals surface area contributed by atoms with Crippen LogP contribution in [0.15, 0.2) is 40.5 Å². The minimum absolute atomic E-state index is 0.0413. The Kier molecular flexibility index (Phi) is 6.88. The third kappa shape index (κ3) is 5.09. The van der Waals surface area contributed by atoms with E-state index in [0.29, 0.717) is 25.1 Å². The molecule has 27 heavy (non-hydrogen) atoms. The number of hydrogen-bond acceptors (Lipinski definition) is 7. The predicted octanol–water partition coefficient (Wildman–Crippen LogP) is 3.59. The zero-order chi connectivity index (χ0) is 19.2. The van der Waals surface area contributed by atoms with E-state index in [1.54, 1.807) is 6.33 Å². The second-order valence-electron chi connectivity index (χ2n) is 6.03. The average Bonchev–Trinajstić information content (AvgIpc) is 3.03. The van der Waals surface area contributed by atoms with Crippen molar-refractivity contribution >= 4 is 38.1 Å². The maximum atomic E-state index is 5.96. The third-order valence-corrected chi connectivity index (χ3v) is 4.94. The van der Waals surface area contributed by atoms with Crippen molar-refractivity contribution in [3.63, 3.8) is 0 Å². The van der Waals surface area contributed by atoms with E-state index >= 15 is 0 Å². The van der Waals surface area contributed by atoms with Gasteiger partial charge in [0.1, 0.15) is 16.3 Å². The highest BCUT2D eigenvalue weighted by atomic mass is 32.2. The molecule has 7 nitrogen and oxygen atoms in total. The molecule has 0 saturated heterocycles. The number of benzene rings is 1. The molecule has 2 heterocycles. The number of nitrogen functional groups attached to an aromatic ring is 1. The number of nitrogens with zero attached hydrogens (tertiary/aromatic N) is 4. The van der Waals surface area contributed by atoms with Gasteiger partial charge in [-0.25, -0.2) is 9.97 Å². The second-order valence-corrected chi connectivity index (χ2v) is 7.42. The molecule has 2 unspecified atom stereocenters. The first-order chi connectivity index (χ1) is 13.1. The predicted molar refractivity (Wildman–Crippen MR) is 111 cm³/mol. The van der Waals surface area contributed by atoms with Crippen LogP contribution in [-0.2, 0) is 11.3 Å². The molecule has 0 fully saturated rings. The summed E-state index contributed by atoms with van der Waals surface area (Å²) < 4.78 is 13.2. The molecule has 144 valence electrons. The minimum Gasteiger partial charge on any atom is -0.494 e. The summed E-state index contributed by atoms with van der Waals surface area (Å²) in [6.45, 7) is 5.43. The van der Waals surface area contributed by atoms with Gasteiger partial charge in [-0.3, -0.25) is 0 Å². The van der Waals surface area contributed by atoms with Crippen LogP contribution in [0.25, 0.3) is 11.2 Å². The highest BCUT2D eigenvalue weighted by Gasteiger charge is 2.15. The molecule has 0 aliphatic carbocycles. The molecular weight excluding hydrogens is 381 g/mol. The summed E-state index contributed by atoms with van der Waals surface area (Å²) in [5, 5.41) is 0.725. The molecule has 0 radical (unpaired) electrons. The van der Waals surface area contributed by atoms with Gasteiger partial charge < -0.3 is 19.8 Å². The van der Waals surface area contributed by atoms with Gasteiger partial charge in [-0.2, -0.15) is 4.98 Å². The normalized spacial score (nSPS) is 12.4. The lowest BCUT2D eigenvalue weighted by molar-refractivity contribution is 0.0912. The Balaban J connectivity index is 1.88. The number of fused-ring (bicyclic) bond motifs is 1. The van der Waals surface area contributed by atoms with Crippen molar-refractivity contribution in [1.29, 1.82) is 0 Å². The quantitative estimate of drug-likeness (QED) is 0.430. The first kappa shape index (κ1) is 19.9. The molecule has 2 aromatic heterocycles. The zero-order valence-electron chi connectivity index (χ0n) is 15.5. The van der Waals surface area contributed by atoms with E-state index in [4.69, 9.17) is 15.2 Å². The van der Waals surface area contributed by atoms with E-state index in [1.165, 1.54) is 11.8 Å². The molecular formula is C18H24N5O2PS. The SMILES string of the molecule is CCCOc1cccc(Sc2nc(N)nc3c2ncn3CC(C)OCP)c1. The van der Waals surface area contributed by atoms with Crippen LogP contribution in [0.5, 0.6) is 5.75 Å². The van der Waals surface area contributed by atoms with Crippen LogP contribution in [-0.4, -0.2) is 38.6 Å². The summed E-state index contributed by atoms with van der Waals surface area (Å²) in [7, 11) is 2.56. The Morgan fingerprint density at radius 3 is 2.96 bits per heavy atom. The van der Waals surface area contributed by atoms with Crippen molar-refractivity contribution in [3.8, 4) is 5.75 Å². The zero-order valence-corrected chi connectivity index (χ0v) is 17.4. The molecule has 1 aromatic carbocycles. The average molecular weight is 405 g/mol. The minimum atomic E-state index is 0.0413. The lowest BCUT2D eigenvalue weighted by atomic mass is 10.3. The number of anilines is 1. The van der Waals surface area contributed by atoms with E-state index in [2.05, 4.69) is 31.1 Å². The number of hydrogen-bond donors (Lipinski definition) is 1. The van der Waals surface area contributed by atoms with Gasteiger partial charge in [-0.1, -0.05) is 24.8 Å². The van der Waals surface area contributed by atoms with E-state index in [1.807, 2.05) is 35.8 Å². The van der Waals surface area contributed by atoms with E-state index in [-0.39, 0.29) is 12.1 Å². The monoisotopic (exact) mass is 405 g/mol. The van der Waals surface area contributed by atoms with Crippen molar-refractivity contribution in [3.05, 3.63) is 30.6 Å². The Morgan fingerprint density at radius 1 is 1.33 bits per heavy atom. The van der Waals surface area contributed by atoms with Crippen LogP contribution in [0, 0.1) is 0 Å². The van der Waals surface area contributed by atoms with E-state index < -0.39 is 0 Å². The number of aromatic nitrogens is 4. The number of nitrogens with two attached hydrogens (primary N) is 1. The Labute approximate surface area is 165 Å². The van der Waals surface area contributed by atoms with E-state index in [0.717, 1.165) is 27.6 Å². The first-order valence-corrected chi connectivity index (χ1v) is 10.4. The first-order valence-electron chi connectivity index (χ1n) is 8.81. The largest absolute Gasteiger partial charge is 0.494 e. The fourth-order valence-corrected chi connectivity index (χ4v) is 3.85. The van der Waals surface area contributed by atoms with Gasteiger partial charge in [0.25, 0.3) is 0 Å². The highest BCUT2D eigenvalue weighted by Crippen LogP contribution is 2.33. The van der Waals surface area contributed by atoms with Crippen molar-refractivity contribution in [2.24, 2.45) is 0 Å². The maximum Gasteiger partial charge on any atom is 0.223 e. The van der Waals surface area contributed by atoms with Gasteiger partial charge >= 0.3 is 0 Å². The summed E-state index contributed by atoms with van der Waals surface area (Å²) >= 11 is 1.50. The topological polar surface area (TPSA) is 88.1 Å². The Bertz CT molecular complexity index is 905. The lowest BCUT2D eigenvalue weighted by Crippen LogP contribution is -2.15. The molecule has 2 atom stereocenters. The van der Waals surface area contributed by atoms with Crippen LogP contribution in [0.2, 0.25) is 0 Å². The molecule has 0 bridgehead atoms. The molecule has 9 heteroatoms. The van der Waals surface area contributed by atoms with E-state index in [9.17, 15) is 0 Å². The van der Waals surface area contributed by atoms with Crippen LogP contribution >= 0.6 is 21.0 Å². The lowest BCUT2D eigenvalue weighted by Gasteiger charge is -2.12. The van der Waals surface area contributed by atoms with Gasteiger partial charge in [0.05, 0.1) is 31.9 Å². The van der Waals surface area contributed by atoms with Crippen molar-refractivity contribution in [2.45, 2.75) is 42.8 Å². The summed E-state index contributed by atoms with van der Waals surface area (Å²) in [5.74, 6) is 1.07. The van der Waals surface area contributed by atoms with Crippen LogP contribution in [0.4, 0.5) is 5.95 Å².